The highest BCUT2D eigenvalue weighted by Crippen LogP contribution is 2.50. The van der Waals surface area contributed by atoms with E-state index in [1.807, 2.05) is 12.1 Å². The number of piperidine rings is 1. The number of nitrogens with zero attached hydrogens (tertiary/aromatic N) is 1. The highest BCUT2D eigenvalue weighted by atomic mass is 16.7. The van der Waals surface area contributed by atoms with E-state index >= 15 is 0 Å². The molecule has 3 N–H and O–H groups in total. The summed E-state index contributed by atoms with van der Waals surface area (Å²) in [7, 11) is 0. The van der Waals surface area contributed by atoms with Crippen LogP contribution in [0.2, 0.25) is 0 Å². The molecule has 9 heteroatoms. The van der Waals surface area contributed by atoms with Gasteiger partial charge in [-0.1, -0.05) is 6.07 Å². The maximum Gasteiger partial charge on any atom is 0.508 e. The number of aromatic hydroxyl groups is 1. The number of aliphatic carboxylic acids is 2. The molecule has 3 atom stereocenters. The van der Waals surface area contributed by atoms with Crippen LogP contribution in [0.25, 0.3) is 0 Å². The Bertz CT molecular complexity index is 908. The van der Waals surface area contributed by atoms with Crippen molar-refractivity contribution in [2.24, 2.45) is 5.92 Å². The van der Waals surface area contributed by atoms with Crippen molar-refractivity contribution < 1.29 is 39.2 Å². The van der Waals surface area contributed by atoms with E-state index < -0.39 is 18.1 Å². The quantitative estimate of drug-likeness (QED) is 0.483. The standard InChI is InChI=1S/C18H21NO4.C4H4O4/c20-13-4-3-12-7-15-16-18(14(12)8-13,10-22-17(21)23-16)5-6-19(15)9-11-1-2-11;5-3(6)1-2-4(7)8/h3-4,8,11,15-16,20H,1-2,5-7,9-10H2;1-2H,(H,5,6)(H,7,8)/b;2-1+/t15-,16+,18-;/m1./s1. The summed E-state index contributed by atoms with van der Waals surface area (Å²) in [5.74, 6) is -1.42. The fourth-order valence-electron chi connectivity index (χ4n) is 4.92. The monoisotopic (exact) mass is 431 g/mol. The van der Waals surface area contributed by atoms with Crippen LogP contribution < -0.4 is 0 Å². The number of ether oxygens (including phenoxy) is 2. The number of hydrogen-bond donors (Lipinski definition) is 3. The van der Waals surface area contributed by atoms with Crippen molar-refractivity contribution in [2.75, 3.05) is 19.7 Å². The molecule has 1 saturated carbocycles. The van der Waals surface area contributed by atoms with Crippen LogP contribution in [0.5, 0.6) is 5.75 Å². The average Bonchev–Trinajstić information content (AvgIpc) is 3.54. The molecule has 2 heterocycles. The zero-order valence-corrected chi connectivity index (χ0v) is 16.9. The maximum absolute atomic E-state index is 11.8. The number of benzene rings is 1. The third-order valence-electron chi connectivity index (χ3n) is 6.50. The van der Waals surface area contributed by atoms with Gasteiger partial charge in [0.25, 0.3) is 0 Å². The lowest BCUT2D eigenvalue weighted by atomic mass is 9.61. The lowest BCUT2D eigenvalue weighted by Gasteiger charge is -2.56. The second kappa shape index (κ2) is 8.22. The van der Waals surface area contributed by atoms with Crippen LogP contribution in [0.3, 0.4) is 0 Å². The largest absolute Gasteiger partial charge is 0.508 e. The predicted molar refractivity (Wildman–Crippen MR) is 107 cm³/mol. The molecule has 0 unspecified atom stereocenters. The molecule has 4 aliphatic rings. The first kappa shape index (κ1) is 21.2. The third kappa shape index (κ3) is 4.36. The number of cyclic esters (lactones) is 1. The second-order valence-corrected chi connectivity index (χ2v) is 8.54. The van der Waals surface area contributed by atoms with Crippen molar-refractivity contribution in [3.63, 3.8) is 0 Å². The van der Waals surface area contributed by atoms with E-state index in [2.05, 4.69) is 4.90 Å². The van der Waals surface area contributed by atoms with Gasteiger partial charge >= 0.3 is 18.1 Å². The van der Waals surface area contributed by atoms with Gasteiger partial charge in [-0.05, 0) is 61.4 Å². The molecule has 0 radical (unpaired) electrons. The predicted octanol–water partition coefficient (Wildman–Crippen LogP) is 1.92. The molecule has 1 aromatic carbocycles. The van der Waals surface area contributed by atoms with E-state index in [0.29, 0.717) is 18.8 Å². The summed E-state index contributed by atoms with van der Waals surface area (Å²) in [5.41, 5.74) is 2.06. The molecule has 2 aliphatic heterocycles. The minimum absolute atomic E-state index is 0.162. The van der Waals surface area contributed by atoms with Crippen LogP contribution in [0.4, 0.5) is 4.79 Å². The molecular weight excluding hydrogens is 406 g/mol. The van der Waals surface area contributed by atoms with Crippen LogP contribution >= 0.6 is 0 Å². The van der Waals surface area contributed by atoms with Gasteiger partial charge in [0.2, 0.25) is 0 Å². The fourth-order valence-corrected chi connectivity index (χ4v) is 4.92. The SMILES string of the molecule is O=C(O)/C=C/C(=O)O.O=C1OC[C@]23CCN(CC4CC4)[C@H](Cc4ccc(O)cc42)[C@@H]3O1. The summed E-state index contributed by atoms with van der Waals surface area (Å²) in [4.78, 5) is 33.4. The Hall–Kier alpha value is -3.07. The van der Waals surface area contributed by atoms with Crippen molar-refractivity contribution in [3.8, 4) is 5.75 Å². The lowest BCUT2D eigenvalue weighted by molar-refractivity contribution is -0.138. The van der Waals surface area contributed by atoms with Crippen LogP contribution in [-0.4, -0.2) is 70.2 Å². The van der Waals surface area contributed by atoms with Gasteiger partial charge < -0.3 is 24.8 Å². The van der Waals surface area contributed by atoms with Crippen molar-refractivity contribution in [2.45, 2.75) is 43.2 Å². The first-order valence-electron chi connectivity index (χ1n) is 10.3. The topological polar surface area (TPSA) is 134 Å². The van der Waals surface area contributed by atoms with Crippen LogP contribution in [0, 0.1) is 5.92 Å². The number of rotatable bonds is 4. The van der Waals surface area contributed by atoms with Crippen LogP contribution in [0.1, 0.15) is 30.4 Å². The molecule has 2 saturated heterocycles. The van der Waals surface area contributed by atoms with Crippen molar-refractivity contribution in [3.05, 3.63) is 41.5 Å². The van der Waals surface area contributed by atoms with Gasteiger partial charge in [-0.2, -0.15) is 0 Å². The fraction of sp³-hybridized carbons (Fsp3) is 0.500. The zero-order valence-electron chi connectivity index (χ0n) is 16.9. The minimum Gasteiger partial charge on any atom is -0.508 e. The summed E-state index contributed by atoms with van der Waals surface area (Å²) in [5, 5.41) is 25.6. The average molecular weight is 431 g/mol. The van der Waals surface area contributed by atoms with Crippen molar-refractivity contribution in [1.82, 2.24) is 4.90 Å². The molecule has 0 amide bonds. The van der Waals surface area contributed by atoms with Crippen molar-refractivity contribution >= 4 is 18.1 Å². The van der Waals surface area contributed by atoms with Gasteiger partial charge in [-0.15, -0.1) is 0 Å². The highest BCUT2D eigenvalue weighted by molar-refractivity contribution is 5.89. The number of phenols is 1. The maximum atomic E-state index is 11.8. The molecule has 9 nitrogen and oxygen atoms in total. The minimum atomic E-state index is -1.26. The number of carboxylic acid groups (broad SMARTS) is 2. The molecule has 1 aromatic rings. The Morgan fingerprint density at radius 3 is 2.55 bits per heavy atom. The van der Waals surface area contributed by atoms with Crippen molar-refractivity contribution in [1.29, 1.82) is 0 Å². The zero-order chi connectivity index (χ0) is 22.2. The Morgan fingerprint density at radius 1 is 1.19 bits per heavy atom. The molecule has 31 heavy (non-hydrogen) atoms. The molecule has 3 fully saturated rings. The Balaban J connectivity index is 0.000000250. The normalized spacial score (nSPS) is 29.0. The molecule has 5 rings (SSSR count). The molecule has 2 aliphatic carbocycles. The van der Waals surface area contributed by atoms with Gasteiger partial charge in [0.05, 0.1) is 11.5 Å². The Labute approximate surface area is 178 Å². The first-order chi connectivity index (χ1) is 14.8. The number of carbonyl (C=O) groups excluding carboxylic acids is 1. The smallest absolute Gasteiger partial charge is 0.508 e. The lowest BCUT2D eigenvalue weighted by Crippen LogP contribution is -2.68. The van der Waals surface area contributed by atoms with Gasteiger partial charge in [0.1, 0.15) is 18.5 Å². The Kier molecular flexibility index (Phi) is 5.62. The van der Waals surface area contributed by atoms with Gasteiger partial charge in [0.15, 0.2) is 0 Å². The molecule has 0 spiro atoms. The van der Waals surface area contributed by atoms with Gasteiger partial charge in [-0.3, -0.25) is 4.90 Å². The van der Waals surface area contributed by atoms with Gasteiger partial charge in [-0.25, -0.2) is 14.4 Å². The summed E-state index contributed by atoms with van der Waals surface area (Å²) in [6, 6.07) is 5.85. The van der Waals surface area contributed by atoms with E-state index in [4.69, 9.17) is 19.7 Å². The molecule has 166 valence electrons. The third-order valence-corrected chi connectivity index (χ3v) is 6.50. The van der Waals surface area contributed by atoms with E-state index in [1.54, 1.807) is 6.07 Å². The highest BCUT2D eigenvalue weighted by Gasteiger charge is 2.58. The summed E-state index contributed by atoms with van der Waals surface area (Å²) in [6.07, 6.45) is 4.84. The van der Waals surface area contributed by atoms with Crippen LogP contribution in [-0.2, 0) is 30.9 Å². The number of fused-ring (bicyclic) bond motifs is 1. The van der Waals surface area contributed by atoms with Gasteiger partial charge in [0, 0.05) is 18.7 Å². The summed E-state index contributed by atoms with van der Waals surface area (Å²) < 4.78 is 11.0. The van der Waals surface area contributed by atoms with Crippen LogP contribution in [0.15, 0.2) is 30.4 Å². The van der Waals surface area contributed by atoms with E-state index in [9.17, 15) is 19.5 Å². The Morgan fingerprint density at radius 2 is 1.90 bits per heavy atom. The molecule has 2 bridgehead atoms. The number of phenolic OH excluding ortho intramolecular Hbond substituents is 1. The number of hydrogen-bond acceptors (Lipinski definition) is 7. The molecule has 0 aromatic heterocycles. The number of likely N-dealkylation sites (tertiary alicyclic amines) is 1. The van der Waals surface area contributed by atoms with E-state index in [-0.39, 0.29) is 23.3 Å². The first-order valence-corrected chi connectivity index (χ1v) is 10.3. The number of carboxylic acids is 2. The second-order valence-electron chi connectivity index (χ2n) is 8.54. The van der Waals surface area contributed by atoms with E-state index in [0.717, 1.165) is 37.4 Å². The van der Waals surface area contributed by atoms with E-state index in [1.165, 1.54) is 18.4 Å². The summed E-state index contributed by atoms with van der Waals surface area (Å²) >= 11 is 0. The number of carbonyl (C=O) groups is 3. The summed E-state index contributed by atoms with van der Waals surface area (Å²) in [6.45, 7) is 2.48. The molecular formula is C22H25NO8.